The van der Waals surface area contributed by atoms with E-state index in [9.17, 15) is 18.7 Å². The zero-order chi connectivity index (χ0) is 15.9. The van der Waals surface area contributed by atoms with Crippen LogP contribution in [0.2, 0.25) is 0 Å². The van der Waals surface area contributed by atoms with Gasteiger partial charge in [0.25, 0.3) is 0 Å². The maximum absolute atomic E-state index is 13.3. The summed E-state index contributed by atoms with van der Waals surface area (Å²) in [5.41, 5.74) is 0.0198. The number of carbonyl (C=O) groups is 1. The molecule has 0 radical (unpaired) electrons. The highest BCUT2D eigenvalue weighted by atomic mass is 19.1. The van der Waals surface area contributed by atoms with Crippen molar-refractivity contribution >= 4 is 5.97 Å². The third kappa shape index (κ3) is 2.62. The van der Waals surface area contributed by atoms with Gasteiger partial charge >= 0.3 is 5.97 Å². The molecule has 1 unspecified atom stereocenters. The molecule has 0 amide bonds. The quantitative estimate of drug-likeness (QED) is 0.928. The highest BCUT2D eigenvalue weighted by Gasteiger charge is 2.54. The van der Waals surface area contributed by atoms with Gasteiger partial charge in [0.1, 0.15) is 11.6 Å². The molecule has 3 nitrogen and oxygen atoms in total. The first-order valence-electron chi connectivity index (χ1n) is 7.82. The normalized spacial score (nSPS) is 29.5. The number of hydrogen-bond acceptors (Lipinski definition) is 2. The van der Waals surface area contributed by atoms with Crippen molar-refractivity contribution in [1.82, 2.24) is 4.90 Å². The molecule has 2 fully saturated rings. The molecule has 1 aliphatic heterocycles. The number of nitrogens with zero attached hydrogens (tertiary/aromatic N) is 1. The van der Waals surface area contributed by atoms with Gasteiger partial charge in [-0.05, 0) is 42.4 Å². The van der Waals surface area contributed by atoms with Crippen molar-refractivity contribution in [3.63, 3.8) is 0 Å². The number of rotatable bonds is 4. The summed E-state index contributed by atoms with van der Waals surface area (Å²) in [5, 5.41) is 9.59. The monoisotopic (exact) mass is 309 g/mol. The standard InChI is InChI=1S/C17H21F2NO2/c1-11(12-5-14(18)7-15(19)6-12)8-20-9-13-3-2-4-17(13,10-20)16(21)22/h5-7,11,13H,2-4,8-10H2,1H3,(H,21,22)/t11?,13-,17+/m0/s1. The molecule has 5 heteroatoms. The van der Waals surface area contributed by atoms with Crippen LogP contribution in [0, 0.1) is 23.0 Å². The van der Waals surface area contributed by atoms with Crippen molar-refractivity contribution in [2.75, 3.05) is 19.6 Å². The summed E-state index contributed by atoms with van der Waals surface area (Å²) in [4.78, 5) is 13.8. The van der Waals surface area contributed by atoms with Gasteiger partial charge in [-0.25, -0.2) is 8.78 Å². The summed E-state index contributed by atoms with van der Waals surface area (Å²) in [5.74, 6) is -1.65. The largest absolute Gasteiger partial charge is 0.481 e. The molecule has 2 aliphatic rings. The summed E-state index contributed by atoms with van der Waals surface area (Å²) in [6, 6.07) is 3.59. The fraction of sp³-hybridized carbons (Fsp3) is 0.588. The van der Waals surface area contributed by atoms with Crippen LogP contribution in [-0.4, -0.2) is 35.6 Å². The number of hydrogen-bond donors (Lipinski definition) is 1. The average Bonchev–Trinajstić information content (AvgIpc) is 2.94. The number of halogens is 2. The van der Waals surface area contributed by atoms with Gasteiger partial charge in [-0.2, -0.15) is 0 Å². The SMILES string of the molecule is CC(CN1C[C@@H]2CCC[C@@]2(C(=O)O)C1)c1cc(F)cc(F)c1. The second kappa shape index (κ2) is 5.61. The molecule has 3 rings (SSSR count). The van der Waals surface area contributed by atoms with E-state index >= 15 is 0 Å². The molecule has 120 valence electrons. The minimum Gasteiger partial charge on any atom is -0.481 e. The number of aliphatic carboxylic acids is 1. The Bertz CT molecular complexity index is 572. The van der Waals surface area contributed by atoms with E-state index in [1.807, 2.05) is 6.92 Å². The lowest BCUT2D eigenvalue weighted by atomic mass is 9.81. The third-order valence-corrected chi connectivity index (χ3v) is 5.35. The van der Waals surface area contributed by atoms with Crippen LogP contribution < -0.4 is 0 Å². The smallest absolute Gasteiger partial charge is 0.311 e. The molecule has 0 bridgehead atoms. The molecule has 1 N–H and O–H groups in total. The molecule has 1 aromatic rings. The summed E-state index contributed by atoms with van der Waals surface area (Å²) in [6.45, 7) is 3.88. The van der Waals surface area contributed by atoms with Gasteiger partial charge < -0.3 is 10.0 Å². The number of likely N-dealkylation sites (tertiary alicyclic amines) is 1. The number of carboxylic acids is 1. The molecule has 1 aromatic carbocycles. The first kappa shape index (κ1) is 15.4. The lowest BCUT2D eigenvalue weighted by Crippen LogP contribution is -2.36. The highest BCUT2D eigenvalue weighted by Crippen LogP contribution is 2.49. The molecule has 1 saturated heterocycles. The van der Waals surface area contributed by atoms with Crippen molar-refractivity contribution in [3.05, 3.63) is 35.4 Å². The zero-order valence-corrected chi connectivity index (χ0v) is 12.7. The van der Waals surface area contributed by atoms with E-state index < -0.39 is 23.0 Å². The highest BCUT2D eigenvalue weighted by molar-refractivity contribution is 5.76. The second-order valence-electron chi connectivity index (χ2n) is 6.85. The predicted octanol–water partition coefficient (Wildman–Crippen LogP) is 3.26. The lowest BCUT2D eigenvalue weighted by Gasteiger charge is -2.25. The Kier molecular flexibility index (Phi) is 3.93. The minimum absolute atomic E-state index is 0.0325. The first-order valence-corrected chi connectivity index (χ1v) is 7.82. The Morgan fingerprint density at radius 1 is 1.41 bits per heavy atom. The fourth-order valence-corrected chi connectivity index (χ4v) is 4.23. The maximum atomic E-state index is 13.3. The van der Waals surface area contributed by atoms with Gasteiger partial charge in [0.2, 0.25) is 0 Å². The van der Waals surface area contributed by atoms with Crippen LogP contribution in [0.3, 0.4) is 0 Å². The number of benzene rings is 1. The Balaban J connectivity index is 1.71. The third-order valence-electron chi connectivity index (χ3n) is 5.35. The van der Waals surface area contributed by atoms with E-state index in [0.717, 1.165) is 31.9 Å². The van der Waals surface area contributed by atoms with E-state index in [4.69, 9.17) is 0 Å². The summed E-state index contributed by atoms with van der Waals surface area (Å²) in [6.07, 6.45) is 2.69. The Hall–Kier alpha value is -1.49. The van der Waals surface area contributed by atoms with Crippen LogP contribution in [0.4, 0.5) is 8.78 Å². The van der Waals surface area contributed by atoms with E-state index in [0.29, 0.717) is 18.7 Å². The van der Waals surface area contributed by atoms with Crippen molar-refractivity contribution in [2.24, 2.45) is 11.3 Å². The Labute approximate surface area is 128 Å². The fourth-order valence-electron chi connectivity index (χ4n) is 4.23. The Morgan fingerprint density at radius 3 is 2.68 bits per heavy atom. The van der Waals surface area contributed by atoms with E-state index in [-0.39, 0.29) is 11.8 Å². The van der Waals surface area contributed by atoms with Gasteiger partial charge in [-0.1, -0.05) is 13.3 Å². The van der Waals surface area contributed by atoms with E-state index in [1.54, 1.807) is 0 Å². The van der Waals surface area contributed by atoms with Gasteiger partial charge in [-0.3, -0.25) is 4.79 Å². The van der Waals surface area contributed by atoms with Crippen LogP contribution in [0.1, 0.15) is 37.7 Å². The van der Waals surface area contributed by atoms with Gasteiger partial charge in [0.05, 0.1) is 5.41 Å². The average molecular weight is 309 g/mol. The van der Waals surface area contributed by atoms with E-state index in [2.05, 4.69) is 4.90 Å². The van der Waals surface area contributed by atoms with Crippen LogP contribution in [-0.2, 0) is 4.79 Å². The molecule has 1 heterocycles. The van der Waals surface area contributed by atoms with Crippen molar-refractivity contribution in [2.45, 2.75) is 32.1 Å². The number of fused-ring (bicyclic) bond motifs is 1. The predicted molar refractivity (Wildman–Crippen MR) is 78.6 cm³/mol. The second-order valence-corrected chi connectivity index (χ2v) is 6.85. The molecular formula is C17H21F2NO2. The van der Waals surface area contributed by atoms with Gasteiger partial charge in [0, 0.05) is 25.7 Å². The maximum Gasteiger partial charge on any atom is 0.311 e. The van der Waals surface area contributed by atoms with Crippen molar-refractivity contribution in [3.8, 4) is 0 Å². The van der Waals surface area contributed by atoms with Crippen molar-refractivity contribution < 1.29 is 18.7 Å². The molecule has 1 aliphatic carbocycles. The first-order chi connectivity index (χ1) is 10.4. The van der Waals surface area contributed by atoms with Crippen LogP contribution >= 0.6 is 0 Å². The van der Waals surface area contributed by atoms with Crippen LogP contribution in [0.25, 0.3) is 0 Å². The zero-order valence-electron chi connectivity index (χ0n) is 12.7. The lowest BCUT2D eigenvalue weighted by molar-refractivity contribution is -0.149. The summed E-state index contributed by atoms with van der Waals surface area (Å²) >= 11 is 0. The van der Waals surface area contributed by atoms with Crippen LogP contribution in [0.5, 0.6) is 0 Å². The van der Waals surface area contributed by atoms with Gasteiger partial charge in [-0.15, -0.1) is 0 Å². The summed E-state index contributed by atoms with van der Waals surface area (Å²) in [7, 11) is 0. The Morgan fingerprint density at radius 2 is 2.09 bits per heavy atom. The number of carboxylic acid groups (broad SMARTS) is 1. The molecule has 3 atom stereocenters. The minimum atomic E-state index is -0.693. The molecule has 0 aromatic heterocycles. The molecular weight excluding hydrogens is 288 g/mol. The van der Waals surface area contributed by atoms with Crippen molar-refractivity contribution in [1.29, 1.82) is 0 Å². The van der Waals surface area contributed by atoms with Gasteiger partial charge in [0.15, 0.2) is 0 Å². The summed E-state index contributed by atoms with van der Waals surface area (Å²) < 4.78 is 26.7. The van der Waals surface area contributed by atoms with E-state index in [1.165, 1.54) is 12.1 Å². The van der Waals surface area contributed by atoms with Crippen LogP contribution in [0.15, 0.2) is 18.2 Å². The molecule has 1 saturated carbocycles. The molecule has 22 heavy (non-hydrogen) atoms. The topological polar surface area (TPSA) is 40.5 Å². The molecule has 0 spiro atoms.